The number of ether oxygens (including phenoxy) is 1. The van der Waals surface area contributed by atoms with Crippen molar-refractivity contribution in [2.75, 3.05) is 7.11 Å². The molecule has 0 aliphatic heterocycles. The Bertz CT molecular complexity index is 699. The van der Waals surface area contributed by atoms with Gasteiger partial charge in [-0.2, -0.15) is 0 Å². The average Bonchev–Trinajstić information content (AvgIpc) is 2.62. The van der Waals surface area contributed by atoms with E-state index >= 15 is 0 Å². The molecule has 5 heteroatoms. The average molecular weight is 376 g/mol. The second kappa shape index (κ2) is 6.15. The fraction of sp³-hybridized carbons (Fsp3) is 0.818. The van der Waals surface area contributed by atoms with Gasteiger partial charge in [-0.15, -0.1) is 0 Å². The van der Waals surface area contributed by atoms with Crippen LogP contribution in [0.25, 0.3) is 0 Å². The summed E-state index contributed by atoms with van der Waals surface area (Å²) in [7, 11) is 1.33. The highest BCUT2D eigenvalue weighted by atomic mass is 16.5. The van der Waals surface area contributed by atoms with E-state index in [1.54, 1.807) is 0 Å². The van der Waals surface area contributed by atoms with Gasteiger partial charge in [0.2, 0.25) is 0 Å². The molecular weight excluding hydrogens is 344 g/mol. The molecule has 3 saturated carbocycles. The highest BCUT2D eigenvalue weighted by molar-refractivity contribution is 5.91. The largest absolute Gasteiger partial charge is 0.467 e. The minimum atomic E-state index is -1.53. The van der Waals surface area contributed by atoms with Crippen LogP contribution in [0.3, 0.4) is 0 Å². The first kappa shape index (κ1) is 19.1. The fourth-order valence-corrected chi connectivity index (χ4v) is 7.41. The lowest BCUT2D eigenvalue weighted by atomic mass is 9.41. The number of fused-ring (bicyclic) bond motifs is 5. The van der Waals surface area contributed by atoms with Crippen LogP contribution in [-0.4, -0.2) is 40.8 Å². The molecule has 0 saturated heterocycles. The van der Waals surface area contributed by atoms with E-state index in [1.165, 1.54) is 12.7 Å². The molecule has 0 aromatic heterocycles. The van der Waals surface area contributed by atoms with E-state index in [2.05, 4.69) is 6.92 Å². The first-order valence-corrected chi connectivity index (χ1v) is 10.4. The summed E-state index contributed by atoms with van der Waals surface area (Å²) in [6.07, 6.45) is 6.92. The highest BCUT2D eigenvalue weighted by Gasteiger charge is 2.67. The zero-order valence-electron chi connectivity index (χ0n) is 16.7. The van der Waals surface area contributed by atoms with Gasteiger partial charge in [0.15, 0.2) is 11.4 Å². The Morgan fingerprint density at radius 2 is 1.96 bits per heavy atom. The number of hydrogen-bond acceptors (Lipinski definition) is 5. The van der Waals surface area contributed by atoms with Crippen LogP contribution in [0.2, 0.25) is 0 Å². The predicted molar refractivity (Wildman–Crippen MR) is 99.7 cm³/mol. The Labute approximate surface area is 161 Å². The lowest BCUT2D eigenvalue weighted by Crippen LogP contribution is -2.67. The van der Waals surface area contributed by atoms with E-state index in [0.29, 0.717) is 19.3 Å². The minimum Gasteiger partial charge on any atom is -0.467 e. The number of ketones is 1. The topological polar surface area (TPSA) is 83.8 Å². The van der Waals surface area contributed by atoms with Crippen molar-refractivity contribution in [2.24, 2.45) is 28.6 Å². The van der Waals surface area contributed by atoms with Crippen molar-refractivity contribution >= 4 is 11.8 Å². The summed E-state index contributed by atoms with van der Waals surface area (Å²) >= 11 is 0. The van der Waals surface area contributed by atoms with Gasteiger partial charge < -0.3 is 14.9 Å². The zero-order chi connectivity index (χ0) is 19.6. The summed E-state index contributed by atoms with van der Waals surface area (Å²) in [4.78, 5) is 24.5. The van der Waals surface area contributed by atoms with Crippen LogP contribution in [0.4, 0.5) is 0 Å². The van der Waals surface area contributed by atoms with Crippen LogP contribution in [0.15, 0.2) is 11.6 Å². The van der Waals surface area contributed by atoms with Crippen molar-refractivity contribution in [1.29, 1.82) is 0 Å². The van der Waals surface area contributed by atoms with E-state index in [4.69, 9.17) is 4.74 Å². The summed E-state index contributed by atoms with van der Waals surface area (Å²) < 4.78 is 4.98. The van der Waals surface area contributed by atoms with Crippen LogP contribution >= 0.6 is 0 Å². The van der Waals surface area contributed by atoms with Crippen molar-refractivity contribution in [3.8, 4) is 0 Å². The van der Waals surface area contributed by atoms with E-state index in [-0.39, 0.29) is 29.0 Å². The Morgan fingerprint density at radius 1 is 1.22 bits per heavy atom. The second-order valence-electron chi connectivity index (χ2n) is 9.82. The Morgan fingerprint density at radius 3 is 2.67 bits per heavy atom. The van der Waals surface area contributed by atoms with Gasteiger partial charge in [0, 0.05) is 11.8 Å². The van der Waals surface area contributed by atoms with Crippen molar-refractivity contribution < 1.29 is 24.5 Å². The number of esters is 1. The fourth-order valence-electron chi connectivity index (χ4n) is 7.41. The van der Waals surface area contributed by atoms with E-state index in [9.17, 15) is 19.8 Å². The van der Waals surface area contributed by atoms with Gasteiger partial charge in [-0.25, -0.2) is 4.79 Å². The molecule has 0 bridgehead atoms. The quantitative estimate of drug-likeness (QED) is 0.688. The number of allylic oxidation sites excluding steroid dienone is 2. The molecule has 4 aliphatic rings. The van der Waals surface area contributed by atoms with Gasteiger partial charge >= 0.3 is 5.97 Å². The van der Waals surface area contributed by atoms with Gasteiger partial charge in [-0.3, -0.25) is 4.79 Å². The third-order valence-electron chi connectivity index (χ3n) is 8.81. The molecule has 0 radical (unpaired) electrons. The number of rotatable bonds is 1. The maximum atomic E-state index is 12.5. The third-order valence-corrected chi connectivity index (χ3v) is 8.81. The normalized spacial score (nSPS) is 49.4. The second-order valence-corrected chi connectivity index (χ2v) is 9.82. The predicted octanol–water partition coefficient (Wildman–Crippen LogP) is 2.78. The number of hydrogen-bond donors (Lipinski definition) is 2. The Kier molecular flexibility index (Phi) is 4.36. The molecule has 7 unspecified atom stereocenters. The van der Waals surface area contributed by atoms with Gasteiger partial charge in [0.05, 0.1) is 13.2 Å². The molecule has 0 amide bonds. The molecular formula is C22H32O5. The van der Waals surface area contributed by atoms with Crippen LogP contribution < -0.4 is 0 Å². The van der Waals surface area contributed by atoms with Gasteiger partial charge in [-0.05, 0) is 74.2 Å². The van der Waals surface area contributed by atoms with Gasteiger partial charge in [0.1, 0.15) is 0 Å². The smallest absolute Gasteiger partial charge is 0.338 e. The molecule has 7 atom stereocenters. The summed E-state index contributed by atoms with van der Waals surface area (Å²) in [5.41, 5.74) is -1.17. The van der Waals surface area contributed by atoms with Crippen LogP contribution in [0.5, 0.6) is 0 Å². The number of aliphatic hydroxyl groups is 2. The first-order valence-electron chi connectivity index (χ1n) is 10.4. The van der Waals surface area contributed by atoms with Crippen molar-refractivity contribution in [1.82, 2.24) is 0 Å². The van der Waals surface area contributed by atoms with Crippen molar-refractivity contribution in [3.05, 3.63) is 11.6 Å². The molecule has 3 fully saturated rings. The SMILES string of the molecule is COC(=O)C1(O)CCCC2C3CCC4=CC(=O)CCC4(C)C3C(O)CC21C. The summed E-state index contributed by atoms with van der Waals surface area (Å²) in [5.74, 6) is 0.161. The molecule has 4 rings (SSSR count). The van der Waals surface area contributed by atoms with Gasteiger partial charge in [-0.1, -0.05) is 19.4 Å². The van der Waals surface area contributed by atoms with E-state index in [1.807, 2.05) is 13.0 Å². The van der Waals surface area contributed by atoms with Crippen molar-refractivity contribution in [3.63, 3.8) is 0 Å². The molecule has 0 aromatic rings. The molecule has 0 aromatic carbocycles. The van der Waals surface area contributed by atoms with Crippen molar-refractivity contribution in [2.45, 2.75) is 76.9 Å². The van der Waals surface area contributed by atoms with Crippen LogP contribution in [0, 0.1) is 28.6 Å². The number of aliphatic hydroxyl groups excluding tert-OH is 1. The highest BCUT2D eigenvalue weighted by Crippen LogP contribution is 2.66. The van der Waals surface area contributed by atoms with Crippen LogP contribution in [0.1, 0.15) is 65.2 Å². The Hall–Kier alpha value is -1.20. The maximum absolute atomic E-state index is 12.5. The summed E-state index contributed by atoms with van der Waals surface area (Å²) in [6, 6.07) is 0. The first-order chi connectivity index (χ1) is 12.7. The lowest BCUT2D eigenvalue weighted by Gasteiger charge is -2.64. The molecule has 0 heterocycles. The number of methoxy groups -OCH3 is 1. The lowest BCUT2D eigenvalue weighted by molar-refractivity contribution is -0.230. The molecule has 150 valence electrons. The van der Waals surface area contributed by atoms with Crippen LogP contribution in [-0.2, 0) is 14.3 Å². The summed E-state index contributed by atoms with van der Waals surface area (Å²) in [6.45, 7) is 4.19. The molecule has 0 spiro atoms. The third kappa shape index (κ3) is 2.43. The Balaban J connectivity index is 1.75. The van der Waals surface area contributed by atoms with Gasteiger partial charge in [0.25, 0.3) is 0 Å². The molecule has 27 heavy (non-hydrogen) atoms. The molecule has 5 nitrogen and oxygen atoms in total. The molecule has 4 aliphatic carbocycles. The minimum absolute atomic E-state index is 0.0867. The number of carbonyl (C=O) groups excluding carboxylic acids is 2. The van der Waals surface area contributed by atoms with E-state index < -0.39 is 23.1 Å². The van der Waals surface area contributed by atoms with E-state index in [0.717, 1.165) is 32.1 Å². The monoisotopic (exact) mass is 376 g/mol. The zero-order valence-corrected chi connectivity index (χ0v) is 16.7. The standard InChI is InChI=1S/C22H32O5/c1-20-10-8-14(23)11-13(20)6-7-15-16-5-4-9-22(26,19(25)27-3)21(16,2)12-17(24)18(15)20/h11,15-18,24,26H,4-10,12H2,1-3H3. The molecule has 2 N–H and O–H groups in total. The number of carbonyl (C=O) groups is 2. The maximum Gasteiger partial charge on any atom is 0.338 e. The summed E-state index contributed by atoms with van der Waals surface area (Å²) in [5, 5.41) is 22.7.